The Bertz CT molecular complexity index is 896. The van der Waals surface area contributed by atoms with Gasteiger partial charge in [-0.1, -0.05) is 11.3 Å². The van der Waals surface area contributed by atoms with Gasteiger partial charge in [-0.15, -0.1) is 10.2 Å². The largest absolute Gasteiger partial charge is 0.497 e. The number of hydrogen-bond acceptors (Lipinski definition) is 7. The van der Waals surface area contributed by atoms with Gasteiger partial charge in [-0.25, -0.2) is 12.7 Å². The quantitative estimate of drug-likeness (QED) is 0.783. The Morgan fingerprint density at radius 2 is 2.07 bits per heavy atom. The summed E-state index contributed by atoms with van der Waals surface area (Å²) >= 11 is 1.28. The third kappa shape index (κ3) is 4.63. The van der Waals surface area contributed by atoms with E-state index in [0.29, 0.717) is 29.5 Å². The fraction of sp³-hybridized carbons (Fsp3) is 0.471. The van der Waals surface area contributed by atoms with Crippen LogP contribution in [0.1, 0.15) is 19.8 Å². The molecule has 2 aromatic rings. The second-order valence-electron chi connectivity index (χ2n) is 6.23. The van der Waals surface area contributed by atoms with Crippen molar-refractivity contribution in [3.05, 3.63) is 24.3 Å². The van der Waals surface area contributed by atoms with Gasteiger partial charge in [-0.3, -0.25) is 4.79 Å². The zero-order valence-electron chi connectivity index (χ0n) is 15.2. The number of ether oxygens (including phenoxy) is 1. The molecule has 1 aromatic carbocycles. The topological polar surface area (TPSA) is 101 Å². The maximum absolute atomic E-state index is 12.5. The van der Waals surface area contributed by atoms with Crippen LogP contribution in [0.2, 0.25) is 0 Å². The molecule has 2 heterocycles. The summed E-state index contributed by atoms with van der Waals surface area (Å²) in [6, 6.07) is 7.42. The Morgan fingerprint density at radius 1 is 1.33 bits per heavy atom. The number of amides is 1. The number of anilines is 1. The third-order valence-corrected chi connectivity index (χ3v) is 7.24. The van der Waals surface area contributed by atoms with Gasteiger partial charge < -0.3 is 10.1 Å². The second kappa shape index (κ2) is 8.32. The number of nitrogens with zero attached hydrogens (tertiary/aromatic N) is 3. The molecule has 0 unspecified atom stereocenters. The normalized spacial score (nSPS) is 18.2. The fourth-order valence-electron chi connectivity index (χ4n) is 2.92. The monoisotopic (exact) mass is 410 g/mol. The highest BCUT2D eigenvalue weighted by Gasteiger charge is 2.31. The van der Waals surface area contributed by atoms with E-state index in [-0.39, 0.29) is 24.1 Å². The van der Waals surface area contributed by atoms with E-state index < -0.39 is 10.0 Å². The lowest BCUT2D eigenvalue weighted by Crippen LogP contribution is -2.44. The minimum absolute atomic E-state index is 0.0446. The van der Waals surface area contributed by atoms with E-state index in [4.69, 9.17) is 4.74 Å². The van der Waals surface area contributed by atoms with E-state index in [1.165, 1.54) is 15.6 Å². The van der Waals surface area contributed by atoms with E-state index in [2.05, 4.69) is 15.5 Å². The van der Waals surface area contributed by atoms with Crippen molar-refractivity contribution in [2.24, 2.45) is 5.92 Å². The fourth-order valence-corrected chi connectivity index (χ4v) is 4.85. The molecule has 0 radical (unpaired) electrons. The number of nitrogens with one attached hydrogen (secondary N) is 1. The van der Waals surface area contributed by atoms with Gasteiger partial charge >= 0.3 is 0 Å². The summed E-state index contributed by atoms with van der Waals surface area (Å²) in [5, 5.41) is 12.0. The number of carbonyl (C=O) groups is 1. The number of sulfonamides is 1. The van der Waals surface area contributed by atoms with Crippen molar-refractivity contribution in [3.63, 3.8) is 0 Å². The molecule has 1 aliphatic rings. The number of rotatable bonds is 6. The van der Waals surface area contributed by atoms with Crippen LogP contribution >= 0.6 is 11.3 Å². The molecule has 1 atom stereocenters. The first-order chi connectivity index (χ1) is 12.9. The van der Waals surface area contributed by atoms with Crippen LogP contribution in [0.4, 0.5) is 5.13 Å². The van der Waals surface area contributed by atoms with Crippen molar-refractivity contribution in [1.29, 1.82) is 0 Å². The van der Waals surface area contributed by atoms with Crippen molar-refractivity contribution in [2.75, 3.05) is 31.3 Å². The molecule has 8 nitrogen and oxygen atoms in total. The molecule has 1 fully saturated rings. The lowest BCUT2D eigenvalue weighted by Gasteiger charge is -2.30. The predicted octanol–water partition coefficient (Wildman–Crippen LogP) is 2.21. The number of methoxy groups -OCH3 is 1. The Morgan fingerprint density at radius 3 is 2.74 bits per heavy atom. The molecule has 0 spiro atoms. The molecule has 1 amide bonds. The molecule has 10 heteroatoms. The molecule has 1 N–H and O–H groups in total. The van der Waals surface area contributed by atoms with Crippen LogP contribution in [0.15, 0.2) is 24.3 Å². The van der Waals surface area contributed by atoms with Gasteiger partial charge in [0.2, 0.25) is 21.1 Å². The summed E-state index contributed by atoms with van der Waals surface area (Å²) < 4.78 is 30.6. The summed E-state index contributed by atoms with van der Waals surface area (Å²) in [7, 11) is -1.68. The molecule has 27 heavy (non-hydrogen) atoms. The second-order valence-corrected chi connectivity index (χ2v) is 9.46. The van der Waals surface area contributed by atoms with Gasteiger partial charge in [0.15, 0.2) is 0 Å². The highest BCUT2D eigenvalue weighted by atomic mass is 32.2. The summed E-state index contributed by atoms with van der Waals surface area (Å²) in [4.78, 5) is 12.5. The summed E-state index contributed by atoms with van der Waals surface area (Å²) in [5.41, 5.74) is 0.881. The lowest BCUT2D eigenvalue weighted by molar-refractivity contribution is -0.120. The van der Waals surface area contributed by atoms with Gasteiger partial charge in [0.25, 0.3) is 0 Å². The molecule has 0 saturated carbocycles. The van der Waals surface area contributed by atoms with Gasteiger partial charge in [-0.05, 0) is 44.0 Å². The predicted molar refractivity (Wildman–Crippen MR) is 104 cm³/mol. The molecule has 0 aliphatic carbocycles. The van der Waals surface area contributed by atoms with Crippen LogP contribution in [-0.2, 0) is 14.8 Å². The van der Waals surface area contributed by atoms with Crippen LogP contribution in [0.3, 0.4) is 0 Å². The van der Waals surface area contributed by atoms with Crippen LogP contribution in [0.25, 0.3) is 10.6 Å². The van der Waals surface area contributed by atoms with E-state index in [0.717, 1.165) is 11.3 Å². The average Bonchev–Trinajstić information content (AvgIpc) is 3.16. The van der Waals surface area contributed by atoms with E-state index in [1.54, 1.807) is 14.0 Å². The first kappa shape index (κ1) is 19.7. The number of carbonyl (C=O) groups excluding carboxylic acids is 1. The van der Waals surface area contributed by atoms with Gasteiger partial charge in [-0.2, -0.15) is 0 Å². The highest BCUT2D eigenvalue weighted by Crippen LogP contribution is 2.28. The van der Waals surface area contributed by atoms with Crippen molar-refractivity contribution in [2.45, 2.75) is 19.8 Å². The van der Waals surface area contributed by atoms with Crippen molar-refractivity contribution >= 4 is 32.4 Å². The van der Waals surface area contributed by atoms with E-state index in [9.17, 15) is 13.2 Å². The van der Waals surface area contributed by atoms with Gasteiger partial charge in [0, 0.05) is 18.7 Å². The van der Waals surface area contributed by atoms with E-state index >= 15 is 0 Å². The smallest absolute Gasteiger partial charge is 0.230 e. The molecular weight excluding hydrogens is 388 g/mol. The third-order valence-electron chi connectivity index (χ3n) is 4.51. The molecule has 3 rings (SSSR count). The molecule has 1 saturated heterocycles. The highest BCUT2D eigenvalue weighted by molar-refractivity contribution is 7.89. The van der Waals surface area contributed by atoms with Gasteiger partial charge in [0.1, 0.15) is 10.8 Å². The van der Waals surface area contributed by atoms with Crippen LogP contribution in [-0.4, -0.2) is 54.8 Å². The molecule has 0 bridgehead atoms. The van der Waals surface area contributed by atoms with Crippen molar-refractivity contribution in [1.82, 2.24) is 14.5 Å². The van der Waals surface area contributed by atoms with E-state index in [1.807, 2.05) is 24.3 Å². The van der Waals surface area contributed by atoms with Crippen molar-refractivity contribution in [3.8, 4) is 16.3 Å². The van der Waals surface area contributed by atoms with Crippen LogP contribution in [0.5, 0.6) is 5.75 Å². The number of aromatic nitrogens is 2. The standard InChI is InChI=1S/C17H22N4O4S2/c1-3-27(23,24)21-10-4-5-13(11-21)15(22)18-17-20-19-16(26-17)12-6-8-14(25-2)9-7-12/h6-9,13H,3-5,10-11H2,1-2H3,(H,18,20,22)/t13-/m0/s1. The number of piperidine rings is 1. The molecular formula is C17H22N4O4S2. The zero-order valence-corrected chi connectivity index (χ0v) is 16.8. The minimum Gasteiger partial charge on any atom is -0.497 e. The number of benzene rings is 1. The molecule has 1 aliphatic heterocycles. The summed E-state index contributed by atoms with van der Waals surface area (Å²) in [6.45, 7) is 2.30. The van der Waals surface area contributed by atoms with Crippen molar-refractivity contribution < 1.29 is 17.9 Å². The SMILES string of the molecule is CCS(=O)(=O)N1CCC[C@H](C(=O)Nc2nnc(-c3ccc(OC)cc3)s2)C1. The molecule has 146 valence electrons. The average molecular weight is 411 g/mol. The first-order valence-electron chi connectivity index (χ1n) is 8.69. The Balaban J connectivity index is 1.65. The molecule has 1 aromatic heterocycles. The number of hydrogen-bond donors (Lipinski definition) is 1. The van der Waals surface area contributed by atoms with Gasteiger partial charge in [0.05, 0.1) is 18.8 Å². The first-order valence-corrected chi connectivity index (χ1v) is 11.1. The lowest BCUT2D eigenvalue weighted by atomic mass is 9.99. The Labute approximate surface area is 162 Å². The van der Waals surface area contributed by atoms with Crippen LogP contribution < -0.4 is 10.1 Å². The summed E-state index contributed by atoms with van der Waals surface area (Å²) in [6.07, 6.45) is 1.33. The zero-order chi connectivity index (χ0) is 19.4. The minimum atomic E-state index is -3.28. The Hall–Kier alpha value is -2.04. The maximum Gasteiger partial charge on any atom is 0.230 e. The van der Waals surface area contributed by atoms with Crippen LogP contribution in [0, 0.1) is 5.92 Å². The maximum atomic E-state index is 12.5. The summed E-state index contributed by atoms with van der Waals surface area (Å²) in [5.74, 6) is 0.195. The Kier molecular flexibility index (Phi) is 6.08.